The summed E-state index contributed by atoms with van der Waals surface area (Å²) in [5, 5.41) is 2.18. The van der Waals surface area contributed by atoms with Crippen molar-refractivity contribution in [3.63, 3.8) is 0 Å². The fourth-order valence-electron chi connectivity index (χ4n) is 2.54. The molecule has 0 bridgehead atoms. The molecule has 0 N–H and O–H groups in total. The molecule has 3 rings (SSSR count). The lowest BCUT2D eigenvalue weighted by molar-refractivity contribution is 0.630. The summed E-state index contributed by atoms with van der Waals surface area (Å²) in [6.07, 6.45) is 1.02. The van der Waals surface area contributed by atoms with E-state index in [0.717, 1.165) is 28.7 Å². The van der Waals surface area contributed by atoms with Crippen molar-refractivity contribution < 1.29 is 4.39 Å². The number of halogens is 1. The number of isothiocyanates is 1. The van der Waals surface area contributed by atoms with E-state index in [0.29, 0.717) is 0 Å². The molecule has 0 atom stereocenters. The molecule has 0 saturated heterocycles. The quantitative estimate of drug-likeness (QED) is 0.309. The van der Waals surface area contributed by atoms with E-state index in [9.17, 15) is 4.39 Å². The molecule has 1 nitrogen and oxygen atoms in total. The van der Waals surface area contributed by atoms with E-state index in [1.807, 2.05) is 42.5 Å². The molecule has 0 aliphatic heterocycles. The van der Waals surface area contributed by atoms with E-state index in [4.69, 9.17) is 0 Å². The number of benzene rings is 3. The Morgan fingerprint density at radius 3 is 1.96 bits per heavy atom. The predicted molar refractivity (Wildman–Crippen MR) is 108 cm³/mol. The van der Waals surface area contributed by atoms with Crippen molar-refractivity contribution in [2.24, 2.45) is 4.99 Å². The van der Waals surface area contributed by atoms with Crippen molar-refractivity contribution in [3.05, 3.63) is 89.2 Å². The van der Waals surface area contributed by atoms with E-state index in [1.54, 1.807) is 6.07 Å². The Kier molecular flexibility index (Phi) is 5.71. The smallest absolute Gasteiger partial charge is 0.150 e. The Morgan fingerprint density at radius 1 is 0.846 bits per heavy atom. The van der Waals surface area contributed by atoms with Gasteiger partial charge in [0.15, 0.2) is 0 Å². The van der Waals surface area contributed by atoms with E-state index in [2.05, 4.69) is 53.3 Å². The first-order valence-corrected chi connectivity index (χ1v) is 8.69. The molecule has 0 fully saturated rings. The lowest BCUT2D eigenvalue weighted by atomic mass is 10.0. The molecular formula is C23H16FNS. The fraction of sp³-hybridized carbons (Fsp3) is 0.0870. The monoisotopic (exact) mass is 357 g/mol. The van der Waals surface area contributed by atoms with Crippen LogP contribution in [0.4, 0.5) is 10.1 Å². The molecule has 0 aliphatic rings. The summed E-state index contributed by atoms with van der Waals surface area (Å²) in [5.74, 6) is 5.90. The minimum absolute atomic E-state index is 0.195. The van der Waals surface area contributed by atoms with Gasteiger partial charge in [0.2, 0.25) is 0 Å². The van der Waals surface area contributed by atoms with Crippen LogP contribution in [-0.2, 0) is 6.42 Å². The van der Waals surface area contributed by atoms with E-state index in [-0.39, 0.29) is 5.69 Å². The molecule has 0 radical (unpaired) electrons. The van der Waals surface area contributed by atoms with Crippen LogP contribution in [0, 0.1) is 17.7 Å². The van der Waals surface area contributed by atoms with Crippen LogP contribution in [0.25, 0.3) is 11.1 Å². The Bertz CT molecular complexity index is 1020. The second kappa shape index (κ2) is 8.36. The van der Waals surface area contributed by atoms with E-state index >= 15 is 0 Å². The van der Waals surface area contributed by atoms with Crippen LogP contribution in [0.2, 0.25) is 0 Å². The second-order valence-electron chi connectivity index (χ2n) is 5.75. The third-order valence-corrected chi connectivity index (χ3v) is 4.14. The maximum Gasteiger partial charge on any atom is 0.150 e. The van der Waals surface area contributed by atoms with E-state index < -0.39 is 5.82 Å². The Morgan fingerprint density at radius 2 is 1.42 bits per heavy atom. The highest BCUT2D eigenvalue weighted by molar-refractivity contribution is 7.78. The van der Waals surface area contributed by atoms with Crippen LogP contribution in [-0.4, -0.2) is 5.16 Å². The number of hydrogen-bond donors (Lipinski definition) is 0. The van der Waals surface area contributed by atoms with Crippen molar-refractivity contribution in [1.82, 2.24) is 0 Å². The van der Waals surface area contributed by atoms with Crippen LogP contribution in [0.5, 0.6) is 0 Å². The third-order valence-electron chi connectivity index (χ3n) is 4.05. The molecule has 0 aromatic heterocycles. The van der Waals surface area contributed by atoms with Crippen LogP contribution in [0.15, 0.2) is 71.7 Å². The molecule has 3 heteroatoms. The molecule has 0 spiro atoms. The molecular weight excluding hydrogens is 341 g/mol. The van der Waals surface area contributed by atoms with Crippen molar-refractivity contribution in [2.45, 2.75) is 13.3 Å². The Labute approximate surface area is 158 Å². The van der Waals surface area contributed by atoms with Crippen LogP contribution in [0.3, 0.4) is 0 Å². The van der Waals surface area contributed by atoms with Gasteiger partial charge in [-0.15, -0.1) is 0 Å². The summed E-state index contributed by atoms with van der Waals surface area (Å²) in [4.78, 5) is 3.69. The number of thiocarbonyl (C=S) groups is 1. The van der Waals surface area contributed by atoms with Gasteiger partial charge in [0.1, 0.15) is 11.5 Å². The summed E-state index contributed by atoms with van der Waals surface area (Å²) >= 11 is 4.51. The number of rotatable bonds is 3. The maximum atomic E-state index is 14.0. The zero-order valence-corrected chi connectivity index (χ0v) is 15.1. The number of aliphatic imine (C=N–C) groups is 1. The molecule has 0 amide bonds. The number of aryl methyl sites for hydroxylation is 1. The van der Waals surface area contributed by atoms with Gasteiger partial charge >= 0.3 is 0 Å². The zero-order valence-electron chi connectivity index (χ0n) is 14.3. The Balaban J connectivity index is 1.79. The SMILES string of the molecule is CCc1ccc(C#Cc2ccc(-c3ccc(N=C=S)c(F)c3)cc2)cc1. The normalized spacial score (nSPS) is 9.77. The lowest BCUT2D eigenvalue weighted by Crippen LogP contribution is -1.83. The van der Waals surface area contributed by atoms with Crippen LogP contribution >= 0.6 is 12.2 Å². The average molecular weight is 357 g/mol. The first-order chi connectivity index (χ1) is 12.7. The summed E-state index contributed by atoms with van der Waals surface area (Å²) in [6.45, 7) is 2.13. The van der Waals surface area contributed by atoms with Crippen molar-refractivity contribution >= 4 is 23.1 Å². The second-order valence-corrected chi connectivity index (χ2v) is 5.93. The average Bonchev–Trinajstić information content (AvgIpc) is 2.69. The highest BCUT2D eigenvalue weighted by Crippen LogP contribution is 2.25. The third kappa shape index (κ3) is 4.32. The molecule has 0 heterocycles. The molecule has 26 heavy (non-hydrogen) atoms. The highest BCUT2D eigenvalue weighted by atomic mass is 32.1. The molecule has 0 aliphatic carbocycles. The minimum Gasteiger partial charge on any atom is -0.205 e. The maximum absolute atomic E-state index is 14.0. The van der Waals surface area contributed by atoms with Gasteiger partial charge in [-0.2, -0.15) is 4.99 Å². The molecule has 126 valence electrons. The first kappa shape index (κ1) is 17.8. The molecule has 3 aromatic carbocycles. The largest absolute Gasteiger partial charge is 0.205 e. The van der Waals surface area contributed by atoms with Gasteiger partial charge in [-0.05, 0) is 71.7 Å². The fourth-order valence-corrected chi connectivity index (χ4v) is 2.64. The highest BCUT2D eigenvalue weighted by Gasteiger charge is 2.04. The summed E-state index contributed by atoms with van der Waals surface area (Å²) < 4.78 is 14.0. The lowest BCUT2D eigenvalue weighted by Gasteiger charge is -2.03. The molecule has 3 aromatic rings. The summed E-state index contributed by atoms with van der Waals surface area (Å²) in [5.41, 5.74) is 5.09. The van der Waals surface area contributed by atoms with Crippen molar-refractivity contribution in [1.29, 1.82) is 0 Å². The van der Waals surface area contributed by atoms with Gasteiger partial charge in [0, 0.05) is 11.1 Å². The van der Waals surface area contributed by atoms with Gasteiger partial charge in [-0.3, -0.25) is 0 Å². The van der Waals surface area contributed by atoms with Gasteiger partial charge in [0.05, 0.1) is 5.16 Å². The topological polar surface area (TPSA) is 12.4 Å². The summed E-state index contributed by atoms with van der Waals surface area (Å²) in [6, 6.07) is 20.8. The first-order valence-electron chi connectivity index (χ1n) is 8.28. The summed E-state index contributed by atoms with van der Waals surface area (Å²) in [7, 11) is 0. The number of nitrogens with zero attached hydrogens (tertiary/aromatic N) is 1. The van der Waals surface area contributed by atoms with Gasteiger partial charge in [0.25, 0.3) is 0 Å². The van der Waals surface area contributed by atoms with Gasteiger partial charge < -0.3 is 0 Å². The van der Waals surface area contributed by atoms with Crippen LogP contribution < -0.4 is 0 Å². The predicted octanol–water partition coefficient (Wildman–Crippen LogP) is 6.19. The van der Waals surface area contributed by atoms with E-state index in [1.165, 1.54) is 11.6 Å². The van der Waals surface area contributed by atoms with Crippen LogP contribution in [0.1, 0.15) is 23.6 Å². The van der Waals surface area contributed by atoms with Gasteiger partial charge in [-0.1, -0.05) is 49.1 Å². The Hall–Kier alpha value is -3.05. The molecule has 0 unspecified atom stereocenters. The minimum atomic E-state index is -0.417. The standard InChI is InChI=1S/C23H16FNS/c1-2-17-3-5-18(6-4-17)7-8-19-9-11-20(12-10-19)21-13-14-23(25-16-26)22(24)15-21/h3-6,9-15H,2H2,1H3. The number of hydrogen-bond acceptors (Lipinski definition) is 2. The van der Waals surface area contributed by atoms with Crippen molar-refractivity contribution in [2.75, 3.05) is 0 Å². The van der Waals surface area contributed by atoms with Gasteiger partial charge in [-0.25, -0.2) is 4.39 Å². The zero-order chi connectivity index (χ0) is 18.4. The molecule has 0 saturated carbocycles. The van der Waals surface area contributed by atoms with Crippen molar-refractivity contribution in [3.8, 4) is 23.0 Å².